The van der Waals surface area contributed by atoms with Crippen molar-refractivity contribution in [3.8, 4) is 0 Å². The molecule has 0 saturated carbocycles. The maximum atomic E-state index is 12.1. The van der Waals surface area contributed by atoms with Crippen LogP contribution in [0.3, 0.4) is 0 Å². The summed E-state index contributed by atoms with van der Waals surface area (Å²) in [6.45, 7) is 7.73. The Labute approximate surface area is 151 Å². The molecule has 2 aromatic heterocycles. The van der Waals surface area contributed by atoms with Gasteiger partial charge in [-0.05, 0) is 44.6 Å². The van der Waals surface area contributed by atoms with Crippen LogP contribution in [-0.4, -0.2) is 39.6 Å². The molecule has 0 bridgehead atoms. The Balaban J connectivity index is 1.82. The van der Waals surface area contributed by atoms with Gasteiger partial charge in [-0.25, -0.2) is 9.97 Å². The van der Waals surface area contributed by atoms with Crippen LogP contribution >= 0.6 is 23.1 Å². The van der Waals surface area contributed by atoms with E-state index in [0.29, 0.717) is 16.7 Å². The summed E-state index contributed by atoms with van der Waals surface area (Å²) in [4.78, 5) is 25.5. The Kier molecular flexibility index (Phi) is 5.30. The molecule has 0 spiro atoms. The molecule has 5 nitrogen and oxygen atoms in total. The summed E-state index contributed by atoms with van der Waals surface area (Å²) in [5, 5.41) is 1.65. The summed E-state index contributed by atoms with van der Waals surface area (Å²) in [7, 11) is 0. The third-order valence-electron chi connectivity index (χ3n) is 4.60. The number of hydrogen-bond acceptors (Lipinski definition) is 6. The predicted octanol–water partition coefficient (Wildman–Crippen LogP) is 3.36. The van der Waals surface area contributed by atoms with Gasteiger partial charge in [-0.2, -0.15) is 0 Å². The quantitative estimate of drug-likeness (QED) is 0.650. The molecule has 1 atom stereocenters. The highest BCUT2D eigenvalue weighted by Crippen LogP contribution is 2.39. The van der Waals surface area contributed by atoms with Crippen molar-refractivity contribution in [3.63, 3.8) is 0 Å². The standard InChI is InChI=1S/C17H24N4OS2/c1-4-21(5-2)13(22)9-23-17-19-15(18)14-11-7-6-10(3)8-12(11)24-16(14)20-17/h10H,4-9H2,1-3H3,(H2,18,19,20)/t10-/m0/s1. The molecule has 1 aliphatic rings. The Morgan fingerprint density at radius 3 is 2.83 bits per heavy atom. The van der Waals surface area contributed by atoms with Crippen LogP contribution in [0.5, 0.6) is 0 Å². The normalized spacial score (nSPS) is 17.0. The van der Waals surface area contributed by atoms with Crippen molar-refractivity contribution >= 4 is 45.0 Å². The first-order valence-corrected chi connectivity index (χ1v) is 10.3. The van der Waals surface area contributed by atoms with Gasteiger partial charge in [0.05, 0.1) is 11.1 Å². The fourth-order valence-electron chi connectivity index (χ4n) is 3.21. The average Bonchev–Trinajstić information content (AvgIpc) is 2.91. The number of fused-ring (bicyclic) bond motifs is 3. The van der Waals surface area contributed by atoms with Gasteiger partial charge in [-0.15, -0.1) is 11.3 Å². The van der Waals surface area contributed by atoms with E-state index in [2.05, 4.69) is 16.9 Å². The third kappa shape index (κ3) is 3.37. The van der Waals surface area contributed by atoms with E-state index in [-0.39, 0.29) is 5.91 Å². The Bertz CT molecular complexity index is 755. The lowest BCUT2D eigenvalue weighted by molar-refractivity contribution is -0.127. The third-order valence-corrected chi connectivity index (χ3v) is 6.58. The number of thiophene rings is 1. The van der Waals surface area contributed by atoms with Crippen molar-refractivity contribution in [2.75, 3.05) is 24.6 Å². The number of rotatable bonds is 5. The van der Waals surface area contributed by atoms with E-state index in [9.17, 15) is 4.79 Å². The molecule has 2 N–H and O–H groups in total. The Morgan fingerprint density at radius 1 is 1.38 bits per heavy atom. The van der Waals surface area contributed by atoms with Crippen molar-refractivity contribution in [3.05, 3.63) is 10.4 Å². The van der Waals surface area contributed by atoms with Gasteiger partial charge in [0.1, 0.15) is 10.6 Å². The molecule has 0 saturated heterocycles. The second-order valence-electron chi connectivity index (χ2n) is 6.28. The van der Waals surface area contributed by atoms with E-state index < -0.39 is 0 Å². The van der Waals surface area contributed by atoms with E-state index in [0.717, 1.165) is 42.1 Å². The van der Waals surface area contributed by atoms with Crippen molar-refractivity contribution < 1.29 is 4.79 Å². The number of aryl methyl sites for hydroxylation is 1. The zero-order valence-corrected chi connectivity index (χ0v) is 16.1. The molecule has 2 aromatic rings. The van der Waals surface area contributed by atoms with Crippen LogP contribution in [0.4, 0.5) is 5.82 Å². The summed E-state index contributed by atoms with van der Waals surface area (Å²) in [5.41, 5.74) is 7.57. The second kappa shape index (κ2) is 7.27. The molecule has 0 unspecified atom stereocenters. The highest BCUT2D eigenvalue weighted by atomic mass is 32.2. The first-order valence-electron chi connectivity index (χ1n) is 8.51. The largest absolute Gasteiger partial charge is 0.383 e. The van der Waals surface area contributed by atoms with Gasteiger partial charge in [0.25, 0.3) is 0 Å². The molecule has 24 heavy (non-hydrogen) atoms. The minimum Gasteiger partial charge on any atom is -0.383 e. The van der Waals surface area contributed by atoms with Crippen LogP contribution < -0.4 is 5.73 Å². The molecular weight excluding hydrogens is 340 g/mol. The Hall–Kier alpha value is -1.34. The fourth-order valence-corrected chi connectivity index (χ4v) is 5.41. The van der Waals surface area contributed by atoms with Crippen LogP contribution in [0, 0.1) is 5.92 Å². The predicted molar refractivity (Wildman–Crippen MR) is 102 cm³/mol. The lowest BCUT2D eigenvalue weighted by Gasteiger charge is -2.18. The fraction of sp³-hybridized carbons (Fsp3) is 0.588. The molecule has 1 amide bonds. The van der Waals surface area contributed by atoms with E-state index >= 15 is 0 Å². The molecular formula is C17H24N4OS2. The van der Waals surface area contributed by atoms with Gasteiger partial charge in [0.15, 0.2) is 5.16 Å². The molecule has 130 valence electrons. The van der Waals surface area contributed by atoms with Gasteiger partial charge >= 0.3 is 0 Å². The first-order chi connectivity index (χ1) is 11.5. The maximum absolute atomic E-state index is 12.1. The van der Waals surface area contributed by atoms with Crippen molar-refractivity contribution in [1.29, 1.82) is 0 Å². The lowest BCUT2D eigenvalue weighted by Crippen LogP contribution is -2.31. The van der Waals surface area contributed by atoms with Gasteiger partial charge in [-0.3, -0.25) is 4.79 Å². The highest BCUT2D eigenvalue weighted by Gasteiger charge is 2.23. The van der Waals surface area contributed by atoms with Crippen LogP contribution in [0.15, 0.2) is 5.16 Å². The van der Waals surface area contributed by atoms with E-state index in [4.69, 9.17) is 5.73 Å². The first kappa shape index (κ1) is 17.5. The summed E-state index contributed by atoms with van der Waals surface area (Å²) in [6, 6.07) is 0. The van der Waals surface area contributed by atoms with E-state index in [1.54, 1.807) is 11.3 Å². The maximum Gasteiger partial charge on any atom is 0.233 e. The lowest BCUT2D eigenvalue weighted by atomic mass is 9.89. The van der Waals surface area contributed by atoms with E-state index in [1.807, 2.05) is 18.7 Å². The number of carbonyl (C=O) groups is 1. The summed E-state index contributed by atoms with van der Waals surface area (Å²) < 4.78 is 0. The molecule has 1 aliphatic carbocycles. The topological polar surface area (TPSA) is 72.1 Å². The minimum absolute atomic E-state index is 0.117. The Morgan fingerprint density at radius 2 is 2.12 bits per heavy atom. The van der Waals surface area contributed by atoms with Gasteiger partial charge in [0.2, 0.25) is 5.91 Å². The number of anilines is 1. The van der Waals surface area contributed by atoms with Crippen molar-refractivity contribution in [1.82, 2.24) is 14.9 Å². The van der Waals surface area contributed by atoms with Crippen molar-refractivity contribution in [2.24, 2.45) is 5.92 Å². The number of thioether (sulfide) groups is 1. The molecule has 0 fully saturated rings. The van der Waals surface area contributed by atoms with Gasteiger partial charge < -0.3 is 10.6 Å². The van der Waals surface area contributed by atoms with Crippen LogP contribution in [0.1, 0.15) is 37.6 Å². The smallest absolute Gasteiger partial charge is 0.233 e. The zero-order valence-electron chi connectivity index (χ0n) is 14.5. The number of carbonyl (C=O) groups excluding carboxylic acids is 1. The second-order valence-corrected chi connectivity index (χ2v) is 8.30. The minimum atomic E-state index is 0.117. The van der Waals surface area contributed by atoms with Crippen LogP contribution in [0.2, 0.25) is 0 Å². The number of nitrogen functional groups attached to an aromatic ring is 1. The van der Waals surface area contributed by atoms with Crippen LogP contribution in [-0.2, 0) is 17.6 Å². The van der Waals surface area contributed by atoms with Crippen LogP contribution in [0.25, 0.3) is 10.2 Å². The molecule has 3 rings (SSSR count). The number of amides is 1. The average molecular weight is 365 g/mol. The number of hydrogen-bond donors (Lipinski definition) is 1. The van der Waals surface area contributed by atoms with Gasteiger partial charge in [-0.1, -0.05) is 18.7 Å². The zero-order chi connectivity index (χ0) is 17.3. The summed E-state index contributed by atoms with van der Waals surface area (Å²) in [6.07, 6.45) is 3.38. The van der Waals surface area contributed by atoms with Crippen molar-refractivity contribution in [2.45, 2.75) is 45.2 Å². The molecule has 0 radical (unpaired) electrons. The monoisotopic (exact) mass is 364 g/mol. The SMILES string of the molecule is CCN(CC)C(=O)CSc1nc(N)c2c3c(sc2n1)C[C@@H](C)CC3. The highest BCUT2D eigenvalue weighted by molar-refractivity contribution is 7.99. The number of nitrogens with two attached hydrogens (primary N) is 1. The number of nitrogens with zero attached hydrogens (tertiary/aromatic N) is 3. The molecule has 0 aliphatic heterocycles. The van der Waals surface area contributed by atoms with E-state index in [1.165, 1.54) is 28.6 Å². The summed E-state index contributed by atoms with van der Waals surface area (Å²) in [5.74, 6) is 1.76. The number of aromatic nitrogens is 2. The molecule has 7 heteroatoms. The summed E-state index contributed by atoms with van der Waals surface area (Å²) >= 11 is 3.12. The molecule has 0 aromatic carbocycles. The van der Waals surface area contributed by atoms with Gasteiger partial charge in [0, 0.05) is 18.0 Å². The molecule has 2 heterocycles.